The van der Waals surface area contributed by atoms with Crippen LogP contribution in [0.1, 0.15) is 28.5 Å². The van der Waals surface area contributed by atoms with Crippen molar-refractivity contribution in [1.29, 1.82) is 0 Å². The number of hydrogen-bond acceptors (Lipinski definition) is 4. The zero-order valence-corrected chi connectivity index (χ0v) is 15.5. The van der Waals surface area contributed by atoms with E-state index in [1.807, 2.05) is 12.1 Å². The molecule has 2 amide bonds. The Hall–Kier alpha value is -3.45. The molecule has 0 bridgehead atoms. The number of rotatable bonds is 7. The topological polar surface area (TPSA) is 107 Å². The van der Waals surface area contributed by atoms with Gasteiger partial charge in [0.25, 0.3) is 11.8 Å². The lowest BCUT2D eigenvalue weighted by Gasteiger charge is -2.16. The third-order valence-corrected chi connectivity index (χ3v) is 4.55. The zero-order chi connectivity index (χ0) is 19.9. The Kier molecular flexibility index (Phi) is 6.18. The van der Waals surface area contributed by atoms with Gasteiger partial charge in [-0.1, -0.05) is 43.3 Å². The number of hydroxylamine groups is 1. The molecular formula is C21H22N4O3. The van der Waals surface area contributed by atoms with Gasteiger partial charge in [-0.2, -0.15) is 0 Å². The summed E-state index contributed by atoms with van der Waals surface area (Å²) in [5, 5.41) is 11.6. The van der Waals surface area contributed by atoms with Gasteiger partial charge >= 0.3 is 0 Å². The molecule has 0 saturated heterocycles. The van der Waals surface area contributed by atoms with Crippen LogP contribution in [0.25, 0.3) is 11.1 Å². The van der Waals surface area contributed by atoms with E-state index < -0.39 is 17.9 Å². The number of carbonyl (C=O) groups excluding carboxylic acids is 2. The van der Waals surface area contributed by atoms with Crippen molar-refractivity contribution in [2.45, 2.75) is 25.8 Å². The van der Waals surface area contributed by atoms with E-state index in [4.69, 9.17) is 5.21 Å². The van der Waals surface area contributed by atoms with Crippen molar-refractivity contribution < 1.29 is 14.8 Å². The van der Waals surface area contributed by atoms with E-state index in [1.165, 1.54) is 11.9 Å². The van der Waals surface area contributed by atoms with Crippen molar-refractivity contribution in [2.75, 3.05) is 0 Å². The number of amides is 2. The summed E-state index contributed by atoms with van der Waals surface area (Å²) in [5.74, 6) is -1.10. The second-order valence-electron chi connectivity index (χ2n) is 6.41. The molecule has 28 heavy (non-hydrogen) atoms. The minimum atomic E-state index is -0.931. The van der Waals surface area contributed by atoms with Gasteiger partial charge in [0.1, 0.15) is 6.04 Å². The van der Waals surface area contributed by atoms with Crippen LogP contribution in [0, 0.1) is 0 Å². The average molecular weight is 378 g/mol. The maximum atomic E-state index is 12.5. The first-order valence-corrected chi connectivity index (χ1v) is 9.02. The first kappa shape index (κ1) is 19.3. The van der Waals surface area contributed by atoms with Gasteiger partial charge in [0.2, 0.25) is 0 Å². The molecule has 7 heteroatoms. The van der Waals surface area contributed by atoms with Crippen LogP contribution in [-0.2, 0) is 17.6 Å². The number of carbonyl (C=O) groups is 2. The lowest BCUT2D eigenvalue weighted by Crippen LogP contribution is -2.47. The molecule has 0 spiro atoms. The molecule has 0 saturated carbocycles. The number of aromatic nitrogens is 2. The number of hydrogen-bond donors (Lipinski definition) is 4. The second-order valence-corrected chi connectivity index (χ2v) is 6.41. The molecule has 1 atom stereocenters. The van der Waals surface area contributed by atoms with E-state index in [0.717, 1.165) is 17.5 Å². The quantitative estimate of drug-likeness (QED) is 0.374. The minimum Gasteiger partial charge on any atom is -0.348 e. The summed E-state index contributed by atoms with van der Waals surface area (Å²) in [6.07, 6.45) is 4.21. The van der Waals surface area contributed by atoms with Gasteiger partial charge in [-0.05, 0) is 35.2 Å². The summed E-state index contributed by atoms with van der Waals surface area (Å²) in [6, 6.07) is 14.5. The van der Waals surface area contributed by atoms with Crippen molar-refractivity contribution >= 4 is 11.8 Å². The third kappa shape index (κ3) is 4.63. The smallest absolute Gasteiger partial charge is 0.266 e. The average Bonchev–Trinajstić information content (AvgIpc) is 3.26. The number of aromatic amines is 1. The van der Waals surface area contributed by atoms with Crippen LogP contribution < -0.4 is 10.8 Å². The third-order valence-electron chi connectivity index (χ3n) is 4.55. The monoisotopic (exact) mass is 378 g/mol. The highest BCUT2D eigenvalue weighted by Gasteiger charge is 2.22. The molecule has 4 N–H and O–H groups in total. The maximum absolute atomic E-state index is 12.5. The molecule has 1 aromatic heterocycles. The molecule has 0 aliphatic rings. The number of nitrogens with zero attached hydrogens (tertiary/aromatic N) is 1. The summed E-state index contributed by atoms with van der Waals surface area (Å²) in [6.45, 7) is 2.11. The molecule has 3 aromatic rings. The highest BCUT2D eigenvalue weighted by atomic mass is 16.5. The van der Waals surface area contributed by atoms with Gasteiger partial charge in [-0.25, -0.2) is 10.5 Å². The van der Waals surface area contributed by atoms with Crippen LogP contribution in [0.15, 0.2) is 61.1 Å². The molecule has 144 valence electrons. The number of aryl methyl sites for hydroxylation is 1. The Bertz CT molecular complexity index is 919. The normalized spacial score (nSPS) is 11.6. The molecule has 0 aliphatic heterocycles. The Morgan fingerprint density at radius 3 is 2.25 bits per heavy atom. The fourth-order valence-corrected chi connectivity index (χ4v) is 2.89. The van der Waals surface area contributed by atoms with Crippen LogP contribution >= 0.6 is 0 Å². The van der Waals surface area contributed by atoms with Crippen molar-refractivity contribution in [3.8, 4) is 11.1 Å². The lowest BCUT2D eigenvalue weighted by molar-refractivity contribution is -0.131. The predicted molar refractivity (Wildman–Crippen MR) is 105 cm³/mol. The number of H-pyrrole nitrogens is 1. The molecule has 0 unspecified atom stereocenters. The lowest BCUT2D eigenvalue weighted by atomic mass is 10.0. The predicted octanol–water partition coefficient (Wildman–Crippen LogP) is 2.49. The second kappa shape index (κ2) is 8.96. The summed E-state index contributed by atoms with van der Waals surface area (Å²) in [5.41, 5.74) is 6.02. The van der Waals surface area contributed by atoms with Crippen molar-refractivity contribution in [2.24, 2.45) is 0 Å². The molecule has 7 nitrogen and oxygen atoms in total. The molecule has 3 rings (SSSR count). The van der Waals surface area contributed by atoms with Crippen LogP contribution in [0.3, 0.4) is 0 Å². The van der Waals surface area contributed by atoms with Crippen LogP contribution in [-0.4, -0.2) is 33.0 Å². The first-order valence-electron chi connectivity index (χ1n) is 9.02. The highest BCUT2D eigenvalue weighted by Crippen LogP contribution is 2.20. The van der Waals surface area contributed by atoms with Crippen LogP contribution in [0.2, 0.25) is 0 Å². The fourth-order valence-electron chi connectivity index (χ4n) is 2.89. The van der Waals surface area contributed by atoms with E-state index in [-0.39, 0.29) is 6.42 Å². The van der Waals surface area contributed by atoms with E-state index in [0.29, 0.717) is 11.3 Å². The number of imidazole rings is 1. The SMILES string of the molecule is CCc1ccc(-c2ccc(C(=O)N[C@@H](Cc3cnc[nH]3)C(=O)NO)cc2)cc1. The van der Waals surface area contributed by atoms with Gasteiger partial charge < -0.3 is 10.3 Å². The Labute approximate surface area is 162 Å². The fraction of sp³-hybridized carbons (Fsp3) is 0.190. The first-order chi connectivity index (χ1) is 13.6. The molecule has 1 heterocycles. The van der Waals surface area contributed by atoms with Crippen molar-refractivity contribution in [1.82, 2.24) is 20.8 Å². The molecule has 2 aromatic carbocycles. The van der Waals surface area contributed by atoms with Crippen LogP contribution in [0.4, 0.5) is 0 Å². The van der Waals surface area contributed by atoms with E-state index in [1.54, 1.807) is 23.8 Å². The van der Waals surface area contributed by atoms with E-state index >= 15 is 0 Å². The van der Waals surface area contributed by atoms with Gasteiger partial charge in [-0.3, -0.25) is 14.8 Å². The van der Waals surface area contributed by atoms with E-state index in [2.05, 4.69) is 46.5 Å². The van der Waals surface area contributed by atoms with Crippen molar-refractivity contribution in [3.63, 3.8) is 0 Å². The van der Waals surface area contributed by atoms with Gasteiger partial charge in [0.05, 0.1) is 6.33 Å². The summed E-state index contributed by atoms with van der Waals surface area (Å²) in [4.78, 5) is 31.2. The van der Waals surface area contributed by atoms with Crippen LogP contribution in [0.5, 0.6) is 0 Å². The molecule has 0 fully saturated rings. The largest absolute Gasteiger partial charge is 0.348 e. The molecule has 0 radical (unpaired) electrons. The van der Waals surface area contributed by atoms with Gasteiger partial charge in [0.15, 0.2) is 0 Å². The minimum absolute atomic E-state index is 0.181. The summed E-state index contributed by atoms with van der Waals surface area (Å²) < 4.78 is 0. The number of benzene rings is 2. The van der Waals surface area contributed by atoms with E-state index in [9.17, 15) is 9.59 Å². The summed E-state index contributed by atoms with van der Waals surface area (Å²) >= 11 is 0. The summed E-state index contributed by atoms with van der Waals surface area (Å²) in [7, 11) is 0. The Morgan fingerprint density at radius 1 is 1.07 bits per heavy atom. The Morgan fingerprint density at radius 2 is 1.71 bits per heavy atom. The maximum Gasteiger partial charge on any atom is 0.266 e. The number of nitrogens with one attached hydrogen (secondary N) is 3. The standard InChI is InChI=1S/C21H22N4O3/c1-2-14-3-5-15(6-4-14)16-7-9-17(10-8-16)20(26)24-19(21(27)25-28)11-18-12-22-13-23-18/h3-10,12-13,19,28H,2,11H2,1H3,(H,22,23)(H,24,26)(H,25,27)/t19-/m0/s1. The van der Waals surface area contributed by atoms with Gasteiger partial charge in [0, 0.05) is 23.9 Å². The highest BCUT2D eigenvalue weighted by molar-refractivity contribution is 5.97. The molecular weight excluding hydrogens is 356 g/mol. The zero-order valence-electron chi connectivity index (χ0n) is 15.5. The van der Waals surface area contributed by atoms with Crippen molar-refractivity contribution in [3.05, 3.63) is 77.9 Å². The molecule has 0 aliphatic carbocycles. The Balaban J connectivity index is 1.70. The van der Waals surface area contributed by atoms with Gasteiger partial charge in [-0.15, -0.1) is 0 Å².